The first-order chi connectivity index (χ1) is 12.1. The number of halogens is 2. The Morgan fingerprint density at radius 1 is 1.04 bits per heavy atom. The van der Waals surface area contributed by atoms with E-state index in [2.05, 4.69) is 0 Å². The highest BCUT2D eigenvalue weighted by molar-refractivity contribution is 6.35. The molecule has 0 bridgehead atoms. The molecule has 1 aliphatic heterocycles. The summed E-state index contributed by atoms with van der Waals surface area (Å²) in [4.78, 5) is 26.0. The molecule has 1 heterocycles. The molecule has 2 aromatic carbocycles. The Morgan fingerprint density at radius 2 is 1.64 bits per heavy atom. The zero-order valence-electron chi connectivity index (χ0n) is 13.3. The van der Waals surface area contributed by atoms with Crippen LogP contribution in [0.15, 0.2) is 36.4 Å². The minimum atomic E-state index is -0.738. The zero-order chi connectivity index (χ0) is 17.6. The molecule has 2 amide bonds. The fourth-order valence-electron chi connectivity index (χ4n) is 3.37. The number of nitrogens with zero attached hydrogens (tertiary/aromatic N) is 1. The zero-order valence-corrected chi connectivity index (χ0v) is 14.1. The molecule has 0 radical (unpaired) electrons. The van der Waals surface area contributed by atoms with Crippen molar-refractivity contribution in [1.29, 1.82) is 0 Å². The van der Waals surface area contributed by atoms with Crippen LogP contribution in [0.1, 0.15) is 46.4 Å². The van der Waals surface area contributed by atoms with E-state index in [-0.39, 0.29) is 27.9 Å². The molecular weight excluding hydrogens is 345 g/mol. The lowest BCUT2D eigenvalue weighted by atomic mass is 10.1. The first-order valence-electron chi connectivity index (χ1n) is 8.20. The van der Waals surface area contributed by atoms with Crippen molar-refractivity contribution in [3.05, 3.63) is 58.4 Å². The van der Waals surface area contributed by atoms with Crippen LogP contribution in [0.25, 0.3) is 0 Å². The normalized spacial score (nSPS) is 17.3. The maximum absolute atomic E-state index is 14.5. The number of hydrogen-bond acceptors (Lipinski definition) is 3. The van der Waals surface area contributed by atoms with E-state index in [4.69, 9.17) is 16.3 Å². The number of rotatable bonds is 3. The molecule has 4 nitrogen and oxygen atoms in total. The van der Waals surface area contributed by atoms with Gasteiger partial charge in [-0.15, -0.1) is 0 Å². The number of imide groups is 1. The third-order valence-corrected chi connectivity index (χ3v) is 4.93. The highest BCUT2D eigenvalue weighted by Crippen LogP contribution is 2.38. The molecule has 1 fully saturated rings. The van der Waals surface area contributed by atoms with Crippen molar-refractivity contribution >= 4 is 29.1 Å². The van der Waals surface area contributed by atoms with Gasteiger partial charge in [-0.1, -0.05) is 23.7 Å². The van der Waals surface area contributed by atoms with E-state index in [9.17, 15) is 14.0 Å². The molecule has 6 heteroatoms. The van der Waals surface area contributed by atoms with Crippen LogP contribution in [0.2, 0.25) is 5.02 Å². The second-order valence-electron chi connectivity index (χ2n) is 6.25. The molecule has 4 rings (SSSR count). The second-order valence-corrected chi connectivity index (χ2v) is 6.66. The summed E-state index contributed by atoms with van der Waals surface area (Å²) >= 11 is 6.10. The SMILES string of the molecule is O=C1c2ccccc2C(=O)N1c1cc(OC2CCCC2)c(Cl)cc1F. The summed E-state index contributed by atoms with van der Waals surface area (Å²) in [6, 6.07) is 8.88. The summed E-state index contributed by atoms with van der Waals surface area (Å²) in [5, 5.41) is 0.129. The largest absolute Gasteiger partial charge is 0.489 e. The molecule has 0 N–H and O–H groups in total. The van der Waals surface area contributed by atoms with Gasteiger partial charge in [0.1, 0.15) is 11.6 Å². The molecule has 0 unspecified atom stereocenters. The number of carbonyl (C=O) groups excluding carboxylic acids is 2. The van der Waals surface area contributed by atoms with Crippen LogP contribution >= 0.6 is 11.6 Å². The minimum Gasteiger partial charge on any atom is -0.489 e. The molecule has 0 saturated heterocycles. The Kier molecular flexibility index (Phi) is 3.96. The molecule has 0 spiro atoms. The number of fused-ring (bicyclic) bond motifs is 1. The van der Waals surface area contributed by atoms with Gasteiger partial charge in [0, 0.05) is 6.07 Å². The molecule has 2 aliphatic rings. The third kappa shape index (κ3) is 2.68. The number of anilines is 1. The number of amides is 2. The van der Waals surface area contributed by atoms with E-state index in [1.807, 2.05) is 0 Å². The molecule has 0 aromatic heterocycles. The predicted molar refractivity (Wildman–Crippen MR) is 91.9 cm³/mol. The first-order valence-corrected chi connectivity index (χ1v) is 8.57. The van der Waals surface area contributed by atoms with Gasteiger partial charge in [0.2, 0.25) is 0 Å². The molecule has 0 atom stereocenters. The van der Waals surface area contributed by atoms with Crippen LogP contribution in [0.4, 0.5) is 10.1 Å². The third-order valence-electron chi connectivity index (χ3n) is 4.63. The quantitative estimate of drug-likeness (QED) is 0.752. The Hall–Kier alpha value is -2.40. The average Bonchev–Trinajstić information content (AvgIpc) is 3.19. The Balaban J connectivity index is 1.73. The summed E-state index contributed by atoms with van der Waals surface area (Å²) in [7, 11) is 0. The summed E-state index contributed by atoms with van der Waals surface area (Å²) < 4.78 is 20.3. The van der Waals surface area contributed by atoms with E-state index < -0.39 is 17.6 Å². The summed E-state index contributed by atoms with van der Waals surface area (Å²) in [6.07, 6.45) is 4.01. The van der Waals surface area contributed by atoms with Crippen LogP contribution in [0, 0.1) is 5.82 Å². The Bertz CT molecular complexity index is 842. The second kappa shape index (κ2) is 6.15. The maximum Gasteiger partial charge on any atom is 0.266 e. The van der Waals surface area contributed by atoms with Crippen molar-refractivity contribution in [2.45, 2.75) is 31.8 Å². The standard InChI is InChI=1S/C19H15ClFNO3/c20-14-9-15(21)16(10-17(14)25-11-5-1-2-6-11)22-18(23)12-7-3-4-8-13(12)19(22)24/h3-4,7-11H,1-2,5-6H2. The Labute approximate surface area is 149 Å². The van der Waals surface area contributed by atoms with E-state index >= 15 is 0 Å². The minimum absolute atomic E-state index is 0.0259. The number of hydrogen-bond donors (Lipinski definition) is 0. The fraction of sp³-hybridized carbons (Fsp3) is 0.263. The Morgan fingerprint density at radius 3 is 2.24 bits per heavy atom. The molecule has 1 aliphatic carbocycles. The van der Waals surface area contributed by atoms with Gasteiger partial charge in [-0.25, -0.2) is 9.29 Å². The lowest BCUT2D eigenvalue weighted by Crippen LogP contribution is -2.30. The van der Waals surface area contributed by atoms with Gasteiger partial charge < -0.3 is 4.74 Å². The van der Waals surface area contributed by atoms with Gasteiger partial charge in [0.25, 0.3) is 11.8 Å². The highest BCUT2D eigenvalue weighted by atomic mass is 35.5. The number of benzene rings is 2. The van der Waals surface area contributed by atoms with Gasteiger partial charge in [0.05, 0.1) is 27.9 Å². The van der Waals surface area contributed by atoms with Crippen molar-refractivity contribution in [3.8, 4) is 5.75 Å². The highest BCUT2D eigenvalue weighted by Gasteiger charge is 2.38. The molecule has 2 aromatic rings. The summed E-state index contributed by atoms with van der Waals surface area (Å²) in [5.74, 6) is -1.54. The summed E-state index contributed by atoms with van der Waals surface area (Å²) in [6.45, 7) is 0. The van der Waals surface area contributed by atoms with Crippen LogP contribution in [-0.2, 0) is 0 Å². The van der Waals surface area contributed by atoms with Crippen LogP contribution < -0.4 is 9.64 Å². The van der Waals surface area contributed by atoms with E-state index in [1.165, 1.54) is 6.07 Å². The van der Waals surface area contributed by atoms with Crippen molar-refractivity contribution in [3.63, 3.8) is 0 Å². The van der Waals surface area contributed by atoms with Crippen molar-refractivity contribution in [1.82, 2.24) is 0 Å². The van der Waals surface area contributed by atoms with Crippen LogP contribution in [0.5, 0.6) is 5.75 Å². The lowest BCUT2D eigenvalue weighted by Gasteiger charge is -2.19. The number of carbonyl (C=O) groups is 2. The van der Waals surface area contributed by atoms with Crippen molar-refractivity contribution in [2.24, 2.45) is 0 Å². The van der Waals surface area contributed by atoms with E-state index in [1.54, 1.807) is 24.3 Å². The van der Waals surface area contributed by atoms with Gasteiger partial charge >= 0.3 is 0 Å². The van der Waals surface area contributed by atoms with Crippen molar-refractivity contribution in [2.75, 3.05) is 4.90 Å². The number of ether oxygens (including phenoxy) is 1. The monoisotopic (exact) mass is 359 g/mol. The molecule has 1 saturated carbocycles. The summed E-state index contributed by atoms with van der Waals surface area (Å²) in [5.41, 5.74) is 0.392. The first kappa shape index (κ1) is 16.1. The molecule has 128 valence electrons. The van der Waals surface area contributed by atoms with Crippen LogP contribution in [-0.4, -0.2) is 17.9 Å². The van der Waals surface area contributed by atoms with Crippen molar-refractivity contribution < 1.29 is 18.7 Å². The molecule has 25 heavy (non-hydrogen) atoms. The average molecular weight is 360 g/mol. The smallest absolute Gasteiger partial charge is 0.266 e. The van der Waals surface area contributed by atoms with E-state index in [0.717, 1.165) is 36.6 Å². The van der Waals surface area contributed by atoms with Crippen LogP contribution in [0.3, 0.4) is 0 Å². The fourth-order valence-corrected chi connectivity index (χ4v) is 3.57. The topological polar surface area (TPSA) is 46.6 Å². The predicted octanol–water partition coefficient (Wildman–Crippen LogP) is 4.60. The van der Waals surface area contributed by atoms with Gasteiger partial charge in [0.15, 0.2) is 0 Å². The maximum atomic E-state index is 14.5. The van der Waals surface area contributed by atoms with Gasteiger partial charge in [-0.3, -0.25) is 9.59 Å². The van der Waals surface area contributed by atoms with E-state index in [0.29, 0.717) is 5.75 Å². The van der Waals surface area contributed by atoms with Gasteiger partial charge in [-0.2, -0.15) is 0 Å². The lowest BCUT2D eigenvalue weighted by molar-refractivity contribution is 0.0925. The van der Waals surface area contributed by atoms with Gasteiger partial charge in [-0.05, 0) is 43.9 Å². The molecular formula is C19H15ClFNO3.